The molecule has 1 aromatic heterocycles. The molecule has 0 saturated heterocycles. The van der Waals surface area contributed by atoms with Gasteiger partial charge < -0.3 is 11.1 Å². The van der Waals surface area contributed by atoms with Crippen LogP contribution in [0, 0.1) is 0 Å². The largest absolute Gasteiger partial charge is 0.396 e. The quantitative estimate of drug-likeness (QED) is 0.787. The number of nitrogen functional groups attached to an aromatic ring is 1. The predicted molar refractivity (Wildman–Crippen MR) is 59.6 cm³/mol. The third-order valence-electron chi connectivity index (χ3n) is 1.92. The summed E-state index contributed by atoms with van der Waals surface area (Å²) in [6, 6.07) is 0.286. The second kappa shape index (κ2) is 4.33. The second-order valence-electron chi connectivity index (χ2n) is 4.13. The Morgan fingerprint density at radius 2 is 2.07 bits per heavy atom. The molecule has 0 bridgehead atoms. The summed E-state index contributed by atoms with van der Waals surface area (Å²) in [5.41, 5.74) is 6.43. The van der Waals surface area contributed by atoms with Crippen molar-refractivity contribution in [2.45, 2.75) is 39.8 Å². The first kappa shape index (κ1) is 11.6. The van der Waals surface area contributed by atoms with Crippen molar-refractivity contribution in [1.82, 2.24) is 15.1 Å². The lowest BCUT2D eigenvalue weighted by atomic mass is 10.3. The van der Waals surface area contributed by atoms with Crippen molar-refractivity contribution >= 4 is 11.6 Å². The zero-order chi connectivity index (χ0) is 11.6. The number of carbonyl (C=O) groups is 1. The number of anilines is 1. The van der Waals surface area contributed by atoms with Gasteiger partial charge >= 0.3 is 0 Å². The van der Waals surface area contributed by atoms with Crippen LogP contribution in [-0.4, -0.2) is 21.7 Å². The predicted octanol–water partition coefficient (Wildman–Crippen LogP) is 1.18. The fraction of sp³-hybridized carbons (Fsp3) is 0.600. The van der Waals surface area contributed by atoms with E-state index in [2.05, 4.69) is 10.4 Å². The van der Waals surface area contributed by atoms with Gasteiger partial charge in [-0.15, -0.1) is 0 Å². The van der Waals surface area contributed by atoms with Crippen molar-refractivity contribution in [3.8, 4) is 0 Å². The fourth-order valence-corrected chi connectivity index (χ4v) is 1.18. The van der Waals surface area contributed by atoms with Gasteiger partial charge in [0, 0.05) is 18.3 Å². The molecular weight excluding hydrogens is 192 g/mol. The van der Waals surface area contributed by atoms with Crippen LogP contribution in [-0.2, 0) is 0 Å². The number of nitrogens with two attached hydrogens (primary N) is 1. The average Bonchev–Trinajstić information content (AvgIpc) is 2.46. The van der Waals surface area contributed by atoms with E-state index in [1.165, 1.54) is 0 Å². The molecule has 1 heterocycles. The standard InChI is InChI=1S/C10H18N4O/c1-6(2)12-10(15)9-8(11)5-14(13-9)7(3)4/h5-7H,11H2,1-4H3,(H,12,15). The Kier molecular flexibility index (Phi) is 3.34. The van der Waals surface area contributed by atoms with E-state index in [0.717, 1.165) is 0 Å². The molecule has 0 aromatic carbocycles. The van der Waals surface area contributed by atoms with E-state index < -0.39 is 0 Å². The Morgan fingerprint density at radius 1 is 1.47 bits per heavy atom. The Bertz CT molecular complexity index is 354. The highest BCUT2D eigenvalue weighted by Crippen LogP contribution is 2.13. The van der Waals surface area contributed by atoms with E-state index in [0.29, 0.717) is 11.4 Å². The molecule has 15 heavy (non-hydrogen) atoms. The first-order chi connectivity index (χ1) is 6.91. The molecule has 0 aliphatic rings. The van der Waals surface area contributed by atoms with E-state index >= 15 is 0 Å². The topological polar surface area (TPSA) is 72.9 Å². The maximum Gasteiger partial charge on any atom is 0.274 e. The van der Waals surface area contributed by atoms with Gasteiger partial charge in [0.25, 0.3) is 5.91 Å². The molecule has 0 fully saturated rings. The lowest BCUT2D eigenvalue weighted by molar-refractivity contribution is 0.0938. The number of nitrogens with zero attached hydrogens (tertiary/aromatic N) is 2. The van der Waals surface area contributed by atoms with Crippen LogP contribution in [0.2, 0.25) is 0 Å². The summed E-state index contributed by atoms with van der Waals surface area (Å²) in [7, 11) is 0. The Labute approximate surface area is 89.6 Å². The fourth-order valence-electron chi connectivity index (χ4n) is 1.18. The van der Waals surface area contributed by atoms with Crippen LogP contribution in [0.25, 0.3) is 0 Å². The van der Waals surface area contributed by atoms with Gasteiger partial charge in [0.05, 0.1) is 5.69 Å². The van der Waals surface area contributed by atoms with Crippen LogP contribution in [0.15, 0.2) is 6.20 Å². The Morgan fingerprint density at radius 3 is 2.47 bits per heavy atom. The minimum Gasteiger partial charge on any atom is -0.396 e. The van der Waals surface area contributed by atoms with E-state index in [4.69, 9.17) is 5.73 Å². The third kappa shape index (κ3) is 2.71. The van der Waals surface area contributed by atoms with Crippen molar-refractivity contribution < 1.29 is 4.79 Å². The Balaban J connectivity index is 2.89. The SMILES string of the molecule is CC(C)NC(=O)c1nn(C(C)C)cc1N. The summed E-state index contributed by atoms with van der Waals surface area (Å²) in [6.07, 6.45) is 1.68. The summed E-state index contributed by atoms with van der Waals surface area (Å²) < 4.78 is 1.69. The van der Waals surface area contributed by atoms with Gasteiger partial charge in [0.2, 0.25) is 0 Å². The van der Waals surface area contributed by atoms with E-state index in [9.17, 15) is 4.79 Å². The Hall–Kier alpha value is -1.52. The molecule has 0 spiro atoms. The monoisotopic (exact) mass is 210 g/mol. The molecule has 5 heteroatoms. The molecule has 0 radical (unpaired) electrons. The molecule has 1 rings (SSSR count). The molecule has 1 aromatic rings. The minimum atomic E-state index is -0.220. The highest BCUT2D eigenvalue weighted by Gasteiger charge is 2.16. The van der Waals surface area contributed by atoms with Gasteiger partial charge in [-0.3, -0.25) is 9.48 Å². The van der Waals surface area contributed by atoms with E-state index in [1.807, 2.05) is 27.7 Å². The second-order valence-corrected chi connectivity index (χ2v) is 4.13. The maximum absolute atomic E-state index is 11.6. The van der Waals surface area contributed by atoms with E-state index in [-0.39, 0.29) is 18.0 Å². The van der Waals surface area contributed by atoms with Crippen LogP contribution >= 0.6 is 0 Å². The van der Waals surface area contributed by atoms with Gasteiger partial charge in [-0.05, 0) is 27.7 Å². The summed E-state index contributed by atoms with van der Waals surface area (Å²) >= 11 is 0. The molecule has 0 aliphatic carbocycles. The van der Waals surface area contributed by atoms with Gasteiger partial charge in [-0.1, -0.05) is 0 Å². The molecule has 3 N–H and O–H groups in total. The zero-order valence-electron chi connectivity index (χ0n) is 9.61. The molecule has 0 atom stereocenters. The van der Waals surface area contributed by atoms with Crippen LogP contribution < -0.4 is 11.1 Å². The third-order valence-corrected chi connectivity index (χ3v) is 1.92. The summed E-state index contributed by atoms with van der Waals surface area (Å²) in [5.74, 6) is -0.220. The van der Waals surface area contributed by atoms with Crippen molar-refractivity contribution in [3.63, 3.8) is 0 Å². The number of hydrogen-bond donors (Lipinski definition) is 2. The zero-order valence-corrected chi connectivity index (χ0v) is 9.61. The minimum absolute atomic E-state index is 0.0844. The summed E-state index contributed by atoms with van der Waals surface area (Å²) in [4.78, 5) is 11.6. The van der Waals surface area contributed by atoms with Crippen LogP contribution in [0.5, 0.6) is 0 Å². The first-order valence-corrected chi connectivity index (χ1v) is 5.07. The number of rotatable bonds is 3. The molecule has 1 amide bonds. The summed E-state index contributed by atoms with van der Waals surface area (Å²) in [6.45, 7) is 7.76. The van der Waals surface area contributed by atoms with Gasteiger partial charge in [-0.2, -0.15) is 5.10 Å². The lowest BCUT2D eigenvalue weighted by Crippen LogP contribution is -2.31. The highest BCUT2D eigenvalue weighted by atomic mass is 16.2. The molecule has 0 aliphatic heterocycles. The molecule has 5 nitrogen and oxygen atoms in total. The lowest BCUT2D eigenvalue weighted by Gasteiger charge is -2.06. The van der Waals surface area contributed by atoms with Crippen molar-refractivity contribution in [2.24, 2.45) is 0 Å². The average molecular weight is 210 g/mol. The molecule has 0 unspecified atom stereocenters. The van der Waals surface area contributed by atoms with E-state index in [1.54, 1.807) is 10.9 Å². The number of hydrogen-bond acceptors (Lipinski definition) is 3. The normalized spacial score (nSPS) is 11.1. The maximum atomic E-state index is 11.6. The van der Waals surface area contributed by atoms with Crippen LogP contribution in [0.1, 0.15) is 44.2 Å². The summed E-state index contributed by atoms with van der Waals surface area (Å²) in [5, 5.41) is 6.90. The van der Waals surface area contributed by atoms with Crippen LogP contribution in [0.3, 0.4) is 0 Å². The van der Waals surface area contributed by atoms with Crippen LogP contribution in [0.4, 0.5) is 5.69 Å². The van der Waals surface area contributed by atoms with Gasteiger partial charge in [0.15, 0.2) is 5.69 Å². The van der Waals surface area contributed by atoms with Crippen molar-refractivity contribution in [2.75, 3.05) is 5.73 Å². The van der Waals surface area contributed by atoms with Gasteiger partial charge in [0.1, 0.15) is 0 Å². The smallest absolute Gasteiger partial charge is 0.274 e. The number of aromatic nitrogens is 2. The number of nitrogens with one attached hydrogen (secondary N) is 1. The highest BCUT2D eigenvalue weighted by molar-refractivity contribution is 5.97. The number of carbonyl (C=O) groups excluding carboxylic acids is 1. The van der Waals surface area contributed by atoms with Gasteiger partial charge in [-0.25, -0.2) is 0 Å². The molecule has 84 valence electrons. The van der Waals surface area contributed by atoms with Crippen molar-refractivity contribution in [1.29, 1.82) is 0 Å². The number of amides is 1. The first-order valence-electron chi connectivity index (χ1n) is 5.07. The molecular formula is C10H18N4O. The van der Waals surface area contributed by atoms with Crippen molar-refractivity contribution in [3.05, 3.63) is 11.9 Å². The molecule has 0 saturated carbocycles.